The van der Waals surface area contributed by atoms with E-state index in [4.69, 9.17) is 0 Å². The zero-order valence-electron chi connectivity index (χ0n) is 8.37. The molecule has 72 valence electrons. The van der Waals surface area contributed by atoms with Gasteiger partial charge in [-0.1, -0.05) is 6.92 Å². The van der Waals surface area contributed by atoms with Crippen LogP contribution in [0, 0.1) is 11.1 Å². The molecule has 0 aromatic rings. The van der Waals surface area contributed by atoms with Crippen LogP contribution in [0.1, 0.15) is 27.2 Å². The first-order valence-corrected chi connectivity index (χ1v) is 4.54. The highest BCUT2D eigenvalue weighted by molar-refractivity contribution is 4.86. The number of aliphatic hydroxyl groups excluding tert-OH is 1. The van der Waals surface area contributed by atoms with Crippen molar-refractivity contribution in [1.29, 1.82) is 0 Å². The maximum Gasteiger partial charge on any atom is 0.0981 e. The lowest BCUT2D eigenvalue weighted by Crippen LogP contribution is -2.64. The Morgan fingerprint density at radius 1 is 1.50 bits per heavy atom. The maximum atomic E-state index is 12.0. The molecule has 0 aromatic carbocycles. The van der Waals surface area contributed by atoms with Gasteiger partial charge in [0.05, 0.1) is 25.2 Å². The monoisotopic (exact) mass is 173 g/mol. The van der Waals surface area contributed by atoms with E-state index in [9.17, 15) is 10.3 Å². The molecule has 3 heteroatoms. The van der Waals surface area contributed by atoms with E-state index < -0.39 is 0 Å². The molecular weight excluding hydrogens is 154 g/mol. The second-order valence-corrected chi connectivity index (χ2v) is 4.62. The third-order valence-corrected chi connectivity index (χ3v) is 3.76. The summed E-state index contributed by atoms with van der Waals surface area (Å²) < 4.78 is -0.231. The molecule has 1 saturated heterocycles. The molecule has 1 N–H and O–H groups in total. The van der Waals surface area contributed by atoms with Gasteiger partial charge in [-0.3, -0.25) is 0 Å². The van der Waals surface area contributed by atoms with Crippen molar-refractivity contribution in [2.45, 2.75) is 38.8 Å². The van der Waals surface area contributed by atoms with E-state index in [2.05, 4.69) is 0 Å². The minimum absolute atomic E-state index is 0.0775. The molecule has 0 aliphatic carbocycles. The summed E-state index contributed by atoms with van der Waals surface area (Å²) in [6, 6.07) is 0. The van der Waals surface area contributed by atoms with Crippen LogP contribution in [-0.2, 0) is 0 Å². The highest BCUT2D eigenvalue weighted by Gasteiger charge is 2.46. The quantitative estimate of drug-likeness (QED) is 0.440. The summed E-state index contributed by atoms with van der Waals surface area (Å²) in [5.74, 6) is 0.0775. The van der Waals surface area contributed by atoms with Gasteiger partial charge in [-0.25, -0.2) is 0 Å². The predicted molar refractivity (Wildman–Crippen MR) is 48.3 cm³/mol. The van der Waals surface area contributed by atoms with Crippen LogP contribution < -0.4 is 0 Å². The Bertz CT molecular complexity index is 177. The second kappa shape index (κ2) is 2.69. The molecule has 1 aliphatic rings. The lowest BCUT2D eigenvalue weighted by Gasteiger charge is -2.58. The van der Waals surface area contributed by atoms with Gasteiger partial charge in [0, 0.05) is 12.3 Å². The zero-order valence-corrected chi connectivity index (χ0v) is 8.37. The highest BCUT2D eigenvalue weighted by atomic mass is 16.5. The molecule has 3 nitrogen and oxygen atoms in total. The van der Waals surface area contributed by atoms with E-state index >= 15 is 0 Å². The van der Waals surface area contributed by atoms with Crippen LogP contribution in [0.15, 0.2) is 0 Å². The fourth-order valence-corrected chi connectivity index (χ4v) is 1.82. The van der Waals surface area contributed by atoms with Gasteiger partial charge in [0.2, 0.25) is 0 Å². The Morgan fingerprint density at radius 2 is 2.00 bits per heavy atom. The second-order valence-electron chi connectivity index (χ2n) is 4.62. The largest absolute Gasteiger partial charge is 0.633 e. The van der Waals surface area contributed by atoms with Crippen molar-refractivity contribution in [2.24, 2.45) is 5.92 Å². The Labute approximate surface area is 74.2 Å². The Kier molecular flexibility index (Phi) is 2.23. The lowest BCUT2D eigenvalue weighted by atomic mass is 9.78. The molecule has 0 radical (unpaired) electrons. The number of quaternary nitrogens is 1. The number of aliphatic hydroxyl groups is 1. The van der Waals surface area contributed by atoms with Gasteiger partial charge in [-0.05, 0) is 13.8 Å². The summed E-state index contributed by atoms with van der Waals surface area (Å²) in [7, 11) is 1.70. The third kappa shape index (κ3) is 1.26. The van der Waals surface area contributed by atoms with Crippen LogP contribution in [0.4, 0.5) is 0 Å². The van der Waals surface area contributed by atoms with Crippen LogP contribution in [0.5, 0.6) is 0 Å². The SMILES string of the molecule is CC1C(O)CC[N+](C)([O-])C1(C)C. The molecule has 3 unspecified atom stereocenters. The van der Waals surface area contributed by atoms with Crippen LogP contribution in [-0.4, -0.2) is 35.0 Å². The number of hydrogen-bond donors (Lipinski definition) is 1. The van der Waals surface area contributed by atoms with Crippen molar-refractivity contribution < 1.29 is 9.75 Å². The molecule has 0 bridgehead atoms. The van der Waals surface area contributed by atoms with Crippen molar-refractivity contribution in [3.8, 4) is 0 Å². The van der Waals surface area contributed by atoms with Crippen LogP contribution in [0.2, 0.25) is 0 Å². The van der Waals surface area contributed by atoms with E-state index in [0.717, 1.165) is 0 Å². The van der Waals surface area contributed by atoms with Gasteiger partial charge < -0.3 is 15.0 Å². The third-order valence-electron chi connectivity index (χ3n) is 3.76. The number of hydroxylamine groups is 3. The van der Waals surface area contributed by atoms with Crippen molar-refractivity contribution in [1.82, 2.24) is 0 Å². The standard InChI is InChI=1S/C9H19NO2/c1-7-8(11)5-6-10(4,12)9(7,2)3/h7-8,11H,5-6H2,1-4H3. The smallest absolute Gasteiger partial charge is 0.0981 e. The summed E-state index contributed by atoms with van der Waals surface area (Å²) in [4.78, 5) is 0. The van der Waals surface area contributed by atoms with E-state index in [1.807, 2.05) is 20.8 Å². The molecule has 1 rings (SSSR count). The Balaban J connectivity index is 2.88. The fraction of sp³-hybridized carbons (Fsp3) is 1.00. The van der Waals surface area contributed by atoms with Crippen LogP contribution in [0.3, 0.4) is 0 Å². The van der Waals surface area contributed by atoms with Gasteiger partial charge >= 0.3 is 0 Å². The van der Waals surface area contributed by atoms with Crippen molar-refractivity contribution in [2.75, 3.05) is 13.6 Å². The number of hydrogen-bond acceptors (Lipinski definition) is 2. The number of rotatable bonds is 0. The summed E-state index contributed by atoms with van der Waals surface area (Å²) in [5, 5.41) is 21.6. The van der Waals surface area contributed by atoms with Gasteiger partial charge in [-0.2, -0.15) is 0 Å². The Morgan fingerprint density at radius 3 is 2.42 bits per heavy atom. The predicted octanol–water partition coefficient (Wildman–Crippen LogP) is 1.11. The zero-order chi connectivity index (χ0) is 9.57. The average molecular weight is 173 g/mol. The molecule has 0 aromatic heterocycles. The molecule has 0 amide bonds. The normalized spacial score (nSPS) is 47.5. The topological polar surface area (TPSA) is 43.3 Å². The minimum atomic E-state index is -0.363. The first-order valence-electron chi connectivity index (χ1n) is 4.54. The maximum absolute atomic E-state index is 12.0. The molecular formula is C9H19NO2. The van der Waals surface area contributed by atoms with E-state index in [1.54, 1.807) is 7.05 Å². The summed E-state index contributed by atoms with van der Waals surface area (Å²) >= 11 is 0. The van der Waals surface area contributed by atoms with Gasteiger partial charge in [0.15, 0.2) is 0 Å². The van der Waals surface area contributed by atoms with Gasteiger partial charge in [0.1, 0.15) is 0 Å². The average Bonchev–Trinajstić information content (AvgIpc) is 1.96. The molecule has 1 fully saturated rings. The number of likely N-dealkylation sites (tertiary alicyclic amines) is 1. The van der Waals surface area contributed by atoms with Gasteiger partial charge in [-0.15, -0.1) is 0 Å². The van der Waals surface area contributed by atoms with E-state index in [1.165, 1.54) is 0 Å². The Hall–Kier alpha value is -0.120. The van der Waals surface area contributed by atoms with Crippen LogP contribution >= 0.6 is 0 Å². The molecule has 1 heterocycles. The van der Waals surface area contributed by atoms with Crippen molar-refractivity contribution in [3.63, 3.8) is 0 Å². The molecule has 12 heavy (non-hydrogen) atoms. The first kappa shape index (κ1) is 9.96. The number of piperidine rings is 1. The lowest BCUT2D eigenvalue weighted by molar-refractivity contribution is -0.921. The van der Waals surface area contributed by atoms with Crippen molar-refractivity contribution in [3.05, 3.63) is 5.21 Å². The van der Waals surface area contributed by atoms with E-state index in [0.29, 0.717) is 13.0 Å². The number of nitrogens with zero attached hydrogens (tertiary/aromatic N) is 1. The molecule has 1 aliphatic heterocycles. The van der Waals surface area contributed by atoms with E-state index in [-0.39, 0.29) is 22.2 Å². The van der Waals surface area contributed by atoms with Crippen molar-refractivity contribution >= 4 is 0 Å². The minimum Gasteiger partial charge on any atom is -0.633 e. The summed E-state index contributed by atoms with van der Waals surface area (Å²) in [6.07, 6.45) is 0.324. The van der Waals surface area contributed by atoms with Gasteiger partial charge in [0.25, 0.3) is 0 Å². The molecule has 0 saturated carbocycles. The highest BCUT2D eigenvalue weighted by Crippen LogP contribution is 2.37. The summed E-state index contributed by atoms with van der Waals surface area (Å²) in [6.45, 7) is 6.36. The molecule has 3 atom stereocenters. The fourth-order valence-electron chi connectivity index (χ4n) is 1.82. The first-order chi connectivity index (χ1) is 5.29. The molecule has 0 spiro atoms. The van der Waals surface area contributed by atoms with Crippen LogP contribution in [0.25, 0.3) is 0 Å². The summed E-state index contributed by atoms with van der Waals surface area (Å²) in [5.41, 5.74) is -0.363.